The number of rotatable bonds is 2. The maximum Gasteiger partial charge on any atom is 0.297 e. The zero-order valence-electron chi connectivity index (χ0n) is 6.74. The van der Waals surface area contributed by atoms with E-state index in [1.165, 1.54) is 0 Å². The van der Waals surface area contributed by atoms with E-state index in [-0.39, 0.29) is 0 Å². The minimum atomic E-state index is -0.417. The van der Waals surface area contributed by atoms with Crippen molar-refractivity contribution in [1.82, 2.24) is 4.98 Å². The van der Waals surface area contributed by atoms with Crippen molar-refractivity contribution in [3.63, 3.8) is 0 Å². The van der Waals surface area contributed by atoms with Crippen molar-refractivity contribution in [2.24, 2.45) is 4.99 Å². The second kappa shape index (κ2) is 3.61. The van der Waals surface area contributed by atoms with Gasteiger partial charge in [0.25, 0.3) is 5.91 Å². The Morgan fingerprint density at radius 3 is 3.08 bits per heavy atom. The van der Waals surface area contributed by atoms with Crippen LogP contribution >= 0.6 is 0 Å². The molecule has 0 saturated carbocycles. The van der Waals surface area contributed by atoms with Crippen molar-refractivity contribution in [2.45, 2.75) is 0 Å². The van der Waals surface area contributed by atoms with Crippen LogP contribution < -0.4 is 5.32 Å². The third-order valence-corrected chi connectivity index (χ3v) is 1.42. The fourth-order valence-corrected chi connectivity index (χ4v) is 0.852. The smallest absolute Gasteiger partial charge is 0.297 e. The van der Waals surface area contributed by atoms with Gasteiger partial charge in [-0.25, -0.2) is 9.98 Å². The molecular formula is C8H9N3O. The van der Waals surface area contributed by atoms with Crippen LogP contribution in [0.4, 0.5) is 5.69 Å². The first-order valence-electron chi connectivity index (χ1n) is 3.43. The number of amides is 1. The van der Waals surface area contributed by atoms with Gasteiger partial charge in [-0.15, -0.1) is 0 Å². The quantitative estimate of drug-likeness (QED) is 0.661. The van der Waals surface area contributed by atoms with Gasteiger partial charge in [0, 0.05) is 13.2 Å². The Hall–Kier alpha value is -1.71. The molecule has 1 aromatic heterocycles. The molecule has 0 aromatic carbocycles. The summed E-state index contributed by atoms with van der Waals surface area (Å²) in [5.41, 5.74) is 0.963. The standard InChI is InChI=1S/C8H9N3O/c1-9-6-4-3-5-11-7(6)8(12)10-2/h3-5,9H,2H2,1H3. The number of carbonyl (C=O) groups excluding carboxylic acids is 1. The second-order valence-corrected chi connectivity index (χ2v) is 2.11. The van der Waals surface area contributed by atoms with Crippen molar-refractivity contribution in [2.75, 3.05) is 12.4 Å². The highest BCUT2D eigenvalue weighted by atomic mass is 16.1. The van der Waals surface area contributed by atoms with Crippen LogP contribution in [0.2, 0.25) is 0 Å². The average molecular weight is 163 g/mol. The summed E-state index contributed by atoms with van der Waals surface area (Å²) < 4.78 is 0. The molecule has 12 heavy (non-hydrogen) atoms. The summed E-state index contributed by atoms with van der Waals surface area (Å²) >= 11 is 0. The summed E-state index contributed by atoms with van der Waals surface area (Å²) in [7, 11) is 1.72. The SMILES string of the molecule is C=NC(=O)c1ncccc1NC. The Morgan fingerprint density at radius 2 is 2.50 bits per heavy atom. The largest absolute Gasteiger partial charge is 0.386 e. The molecule has 1 N–H and O–H groups in total. The summed E-state index contributed by atoms with van der Waals surface area (Å²) in [5, 5.41) is 2.84. The number of aromatic nitrogens is 1. The molecule has 4 heteroatoms. The van der Waals surface area contributed by atoms with E-state index in [0.717, 1.165) is 0 Å². The third-order valence-electron chi connectivity index (χ3n) is 1.42. The van der Waals surface area contributed by atoms with Crippen LogP contribution in [0.3, 0.4) is 0 Å². The fourth-order valence-electron chi connectivity index (χ4n) is 0.852. The molecule has 0 fully saturated rings. The molecule has 0 atom stereocenters. The van der Waals surface area contributed by atoms with Gasteiger partial charge in [-0.1, -0.05) is 0 Å². The molecule has 1 heterocycles. The van der Waals surface area contributed by atoms with Crippen molar-refractivity contribution >= 4 is 18.3 Å². The third kappa shape index (κ3) is 1.47. The van der Waals surface area contributed by atoms with E-state index >= 15 is 0 Å². The Kier molecular flexibility index (Phi) is 2.53. The highest BCUT2D eigenvalue weighted by Gasteiger charge is 2.08. The lowest BCUT2D eigenvalue weighted by atomic mass is 10.3. The van der Waals surface area contributed by atoms with Gasteiger partial charge < -0.3 is 5.32 Å². The molecule has 0 spiro atoms. The first-order chi connectivity index (χ1) is 5.79. The number of hydrogen-bond acceptors (Lipinski definition) is 3. The van der Waals surface area contributed by atoms with Crippen molar-refractivity contribution < 1.29 is 4.79 Å². The number of aliphatic imine (C=N–C) groups is 1. The van der Waals surface area contributed by atoms with Gasteiger partial charge in [0.15, 0.2) is 5.69 Å². The highest BCUT2D eigenvalue weighted by Crippen LogP contribution is 2.11. The normalized spacial score (nSPS) is 9.08. The van der Waals surface area contributed by atoms with E-state index in [2.05, 4.69) is 22.0 Å². The topological polar surface area (TPSA) is 54.4 Å². The summed E-state index contributed by atoms with van der Waals surface area (Å²) in [6.07, 6.45) is 1.54. The van der Waals surface area contributed by atoms with Gasteiger partial charge >= 0.3 is 0 Å². The minimum Gasteiger partial charge on any atom is -0.386 e. The molecule has 4 nitrogen and oxygen atoms in total. The molecule has 1 amide bonds. The van der Waals surface area contributed by atoms with Gasteiger partial charge in [0.2, 0.25) is 0 Å². The summed E-state index contributed by atoms with van der Waals surface area (Å²) in [6, 6.07) is 3.50. The van der Waals surface area contributed by atoms with E-state index in [4.69, 9.17) is 0 Å². The van der Waals surface area contributed by atoms with Gasteiger partial charge in [0.05, 0.1) is 5.69 Å². The summed E-state index contributed by atoms with van der Waals surface area (Å²) in [5.74, 6) is -0.417. The van der Waals surface area contributed by atoms with Crippen LogP contribution in [0.5, 0.6) is 0 Å². The molecule has 0 unspecified atom stereocenters. The number of nitrogens with zero attached hydrogens (tertiary/aromatic N) is 2. The number of carbonyl (C=O) groups is 1. The maximum atomic E-state index is 11.1. The molecular weight excluding hydrogens is 154 g/mol. The van der Waals surface area contributed by atoms with Gasteiger partial charge in [-0.05, 0) is 18.9 Å². The van der Waals surface area contributed by atoms with Crippen LogP contribution in [0.1, 0.15) is 10.5 Å². The molecule has 0 aliphatic carbocycles. The number of hydrogen-bond donors (Lipinski definition) is 1. The Bertz CT molecular complexity index is 309. The lowest BCUT2D eigenvalue weighted by molar-refractivity contribution is 0.1000. The van der Waals surface area contributed by atoms with Crippen molar-refractivity contribution in [3.8, 4) is 0 Å². The van der Waals surface area contributed by atoms with Gasteiger partial charge in [-0.3, -0.25) is 4.79 Å². The molecule has 62 valence electrons. The molecule has 0 aliphatic heterocycles. The van der Waals surface area contributed by atoms with E-state index < -0.39 is 5.91 Å². The molecule has 1 aromatic rings. The monoisotopic (exact) mass is 163 g/mol. The van der Waals surface area contributed by atoms with Crippen molar-refractivity contribution in [1.29, 1.82) is 0 Å². The van der Waals surface area contributed by atoms with Crippen LogP contribution in [-0.4, -0.2) is 24.7 Å². The van der Waals surface area contributed by atoms with Gasteiger partial charge in [-0.2, -0.15) is 0 Å². The van der Waals surface area contributed by atoms with E-state index in [9.17, 15) is 4.79 Å². The lowest BCUT2D eigenvalue weighted by Gasteiger charge is -2.02. The molecule has 0 aliphatic rings. The predicted octanol–water partition coefficient (Wildman–Crippen LogP) is 0.964. The van der Waals surface area contributed by atoms with E-state index in [0.29, 0.717) is 11.4 Å². The minimum absolute atomic E-state index is 0.301. The van der Waals surface area contributed by atoms with Crippen LogP contribution in [0.15, 0.2) is 23.3 Å². The van der Waals surface area contributed by atoms with Crippen molar-refractivity contribution in [3.05, 3.63) is 24.0 Å². The molecule has 1 rings (SSSR count). The first-order valence-corrected chi connectivity index (χ1v) is 3.43. The molecule has 0 saturated heterocycles. The van der Waals surface area contributed by atoms with E-state index in [1.54, 1.807) is 25.4 Å². The number of nitrogens with one attached hydrogen (secondary N) is 1. The lowest BCUT2D eigenvalue weighted by Crippen LogP contribution is -2.03. The Balaban J connectivity index is 3.13. The van der Waals surface area contributed by atoms with Crippen LogP contribution in [-0.2, 0) is 0 Å². The summed E-state index contributed by atoms with van der Waals surface area (Å²) in [4.78, 5) is 18.2. The van der Waals surface area contributed by atoms with E-state index in [1.807, 2.05) is 0 Å². The van der Waals surface area contributed by atoms with Crippen LogP contribution in [0.25, 0.3) is 0 Å². The summed E-state index contributed by atoms with van der Waals surface area (Å²) in [6.45, 7) is 3.15. The number of anilines is 1. The zero-order chi connectivity index (χ0) is 8.97. The number of pyridine rings is 1. The Labute approximate surface area is 70.4 Å². The first kappa shape index (κ1) is 8.39. The second-order valence-electron chi connectivity index (χ2n) is 2.11. The average Bonchev–Trinajstić information content (AvgIpc) is 2.16. The molecule has 0 radical (unpaired) electrons. The maximum absolute atomic E-state index is 11.1. The predicted molar refractivity (Wildman–Crippen MR) is 47.7 cm³/mol. The molecule has 0 bridgehead atoms. The highest BCUT2D eigenvalue weighted by molar-refractivity contribution is 5.99. The fraction of sp³-hybridized carbons (Fsp3) is 0.125. The Morgan fingerprint density at radius 1 is 1.75 bits per heavy atom. The zero-order valence-corrected chi connectivity index (χ0v) is 6.74. The van der Waals surface area contributed by atoms with Gasteiger partial charge in [0.1, 0.15) is 0 Å². The van der Waals surface area contributed by atoms with Crippen LogP contribution in [0, 0.1) is 0 Å².